The van der Waals surface area contributed by atoms with E-state index in [1.165, 1.54) is 0 Å². The Hall–Kier alpha value is -1.29. The number of nitrogens with one attached hydrogen (secondary N) is 1. The second kappa shape index (κ2) is 4.76. The Labute approximate surface area is 115 Å². The van der Waals surface area contributed by atoms with Gasteiger partial charge in [-0.05, 0) is 32.4 Å². The maximum Gasteiger partial charge on any atom is 0.326 e. The van der Waals surface area contributed by atoms with Crippen molar-refractivity contribution in [3.8, 4) is 0 Å². The van der Waals surface area contributed by atoms with E-state index in [4.69, 9.17) is 0 Å². The van der Waals surface area contributed by atoms with Gasteiger partial charge in [-0.2, -0.15) is 0 Å². The summed E-state index contributed by atoms with van der Waals surface area (Å²) in [6, 6.07) is 7.84. The summed E-state index contributed by atoms with van der Waals surface area (Å²) in [4.78, 5) is 12.2. The first-order valence-corrected chi connectivity index (χ1v) is 7.02. The molecule has 0 aliphatic rings. The summed E-state index contributed by atoms with van der Waals surface area (Å²) in [6.45, 7) is 5.92. The van der Waals surface area contributed by atoms with Crippen LogP contribution >= 0.6 is 15.9 Å². The van der Waals surface area contributed by atoms with Crippen LogP contribution in [0, 0.1) is 0 Å². The Balaban J connectivity index is 2.48. The molecule has 1 heterocycles. The zero-order chi connectivity index (χ0) is 13.3. The van der Waals surface area contributed by atoms with Crippen molar-refractivity contribution in [2.45, 2.75) is 31.6 Å². The molecule has 0 bridgehead atoms. The van der Waals surface area contributed by atoms with E-state index < -0.39 is 0 Å². The highest BCUT2D eigenvalue weighted by atomic mass is 79.9. The first-order valence-electron chi connectivity index (χ1n) is 5.90. The maximum atomic E-state index is 12.2. The molecule has 18 heavy (non-hydrogen) atoms. The Morgan fingerprint density at radius 3 is 2.61 bits per heavy atom. The average Bonchev–Trinajstić information content (AvgIpc) is 2.65. The Kier molecular flexibility index (Phi) is 3.48. The molecule has 2 rings (SSSR count). The quantitative estimate of drug-likeness (QED) is 0.797. The van der Waals surface area contributed by atoms with Gasteiger partial charge >= 0.3 is 6.03 Å². The topological polar surface area (TPSA) is 34.0 Å². The number of hydrogen-bond acceptors (Lipinski definition) is 1. The summed E-state index contributed by atoms with van der Waals surface area (Å²) in [5.74, 6) is 0. The molecule has 1 amide bonds. The molecule has 0 unspecified atom stereocenters. The highest BCUT2D eigenvalue weighted by Crippen LogP contribution is 2.23. The standard InChI is InChI=1S/C14H17BrN2O/c1-14(2,3)16-13(18)17-9-10(8-15)11-6-4-5-7-12(11)17/h4-7,9H,8H2,1-3H3,(H,16,18). The molecule has 0 aliphatic carbocycles. The number of halogens is 1. The number of hydrogen-bond donors (Lipinski definition) is 1. The molecule has 0 saturated heterocycles. The lowest BCUT2D eigenvalue weighted by atomic mass is 10.1. The third-order valence-electron chi connectivity index (χ3n) is 2.64. The smallest absolute Gasteiger partial charge is 0.326 e. The minimum atomic E-state index is -0.239. The number of amides is 1. The number of alkyl halides is 1. The van der Waals surface area contributed by atoms with Crippen molar-refractivity contribution in [3.63, 3.8) is 0 Å². The summed E-state index contributed by atoms with van der Waals surface area (Å²) in [6.07, 6.45) is 1.89. The lowest BCUT2D eigenvalue weighted by Crippen LogP contribution is -2.42. The van der Waals surface area contributed by atoms with Crippen molar-refractivity contribution < 1.29 is 4.79 Å². The van der Waals surface area contributed by atoms with Crippen LogP contribution in [-0.4, -0.2) is 16.1 Å². The van der Waals surface area contributed by atoms with E-state index in [-0.39, 0.29) is 11.6 Å². The van der Waals surface area contributed by atoms with Crippen LogP contribution < -0.4 is 5.32 Å². The van der Waals surface area contributed by atoms with Crippen LogP contribution in [0.3, 0.4) is 0 Å². The predicted molar refractivity (Wildman–Crippen MR) is 78.3 cm³/mol. The third-order valence-corrected chi connectivity index (χ3v) is 3.24. The van der Waals surface area contributed by atoms with Crippen LogP contribution in [0.15, 0.2) is 30.5 Å². The summed E-state index contributed by atoms with van der Waals surface area (Å²) >= 11 is 3.46. The highest BCUT2D eigenvalue weighted by Gasteiger charge is 2.17. The number of carbonyl (C=O) groups excluding carboxylic acids is 1. The summed E-state index contributed by atoms with van der Waals surface area (Å²) < 4.78 is 1.68. The van der Waals surface area contributed by atoms with Gasteiger partial charge in [-0.15, -0.1) is 0 Å². The van der Waals surface area contributed by atoms with Gasteiger partial charge in [-0.25, -0.2) is 4.79 Å². The van der Waals surface area contributed by atoms with E-state index in [9.17, 15) is 4.79 Å². The Morgan fingerprint density at radius 1 is 1.33 bits per heavy atom. The molecule has 0 atom stereocenters. The molecular formula is C14H17BrN2O. The number of aromatic nitrogens is 1. The zero-order valence-corrected chi connectivity index (χ0v) is 12.4. The van der Waals surface area contributed by atoms with Crippen molar-refractivity contribution in [1.82, 2.24) is 9.88 Å². The second-order valence-corrected chi connectivity index (χ2v) is 5.92. The van der Waals surface area contributed by atoms with Crippen LogP contribution in [-0.2, 0) is 5.33 Å². The summed E-state index contributed by atoms with van der Waals surface area (Å²) in [7, 11) is 0. The lowest BCUT2D eigenvalue weighted by Gasteiger charge is -2.20. The van der Waals surface area contributed by atoms with E-state index in [2.05, 4.69) is 21.2 Å². The van der Waals surface area contributed by atoms with Gasteiger partial charge in [-0.1, -0.05) is 34.1 Å². The number of rotatable bonds is 1. The lowest BCUT2D eigenvalue weighted by molar-refractivity contribution is 0.234. The van der Waals surface area contributed by atoms with Crippen LogP contribution in [0.1, 0.15) is 26.3 Å². The van der Waals surface area contributed by atoms with Crippen molar-refractivity contribution in [1.29, 1.82) is 0 Å². The van der Waals surface area contributed by atoms with E-state index in [0.717, 1.165) is 21.8 Å². The minimum absolute atomic E-state index is 0.0918. The van der Waals surface area contributed by atoms with Gasteiger partial charge in [0.15, 0.2) is 0 Å². The molecule has 96 valence electrons. The molecule has 0 radical (unpaired) electrons. The molecule has 0 fully saturated rings. The molecule has 0 aliphatic heterocycles. The molecule has 4 heteroatoms. The van der Waals surface area contributed by atoms with E-state index in [1.54, 1.807) is 4.57 Å². The van der Waals surface area contributed by atoms with E-state index >= 15 is 0 Å². The molecule has 1 aromatic heterocycles. The van der Waals surface area contributed by atoms with Gasteiger partial charge in [0, 0.05) is 22.5 Å². The van der Waals surface area contributed by atoms with Gasteiger partial charge in [0.1, 0.15) is 0 Å². The fraction of sp³-hybridized carbons (Fsp3) is 0.357. The number of carbonyl (C=O) groups is 1. The van der Waals surface area contributed by atoms with Gasteiger partial charge in [0.05, 0.1) is 5.52 Å². The first kappa shape index (κ1) is 13.1. The molecular weight excluding hydrogens is 292 g/mol. The molecule has 1 N–H and O–H groups in total. The Bertz CT molecular complexity index is 581. The predicted octanol–water partition coefficient (Wildman–Crippen LogP) is 3.89. The van der Waals surface area contributed by atoms with Crippen LogP contribution in [0.2, 0.25) is 0 Å². The van der Waals surface area contributed by atoms with Crippen LogP contribution in [0.4, 0.5) is 4.79 Å². The fourth-order valence-corrected chi connectivity index (χ4v) is 2.35. The first-order chi connectivity index (χ1) is 8.42. The van der Waals surface area contributed by atoms with Crippen molar-refractivity contribution in [3.05, 3.63) is 36.0 Å². The highest BCUT2D eigenvalue weighted by molar-refractivity contribution is 9.08. The largest absolute Gasteiger partial charge is 0.333 e. The number of benzene rings is 1. The zero-order valence-electron chi connectivity index (χ0n) is 10.8. The third kappa shape index (κ3) is 2.58. The van der Waals surface area contributed by atoms with E-state index in [1.807, 2.05) is 51.2 Å². The van der Waals surface area contributed by atoms with Crippen molar-refractivity contribution in [2.75, 3.05) is 0 Å². The molecule has 1 aromatic carbocycles. The van der Waals surface area contributed by atoms with Gasteiger partial charge < -0.3 is 5.32 Å². The van der Waals surface area contributed by atoms with E-state index in [0.29, 0.717) is 0 Å². The summed E-state index contributed by atoms with van der Waals surface area (Å²) in [5.41, 5.74) is 1.82. The SMILES string of the molecule is CC(C)(C)NC(=O)n1cc(CBr)c2ccccc21. The van der Waals surface area contributed by atoms with Crippen LogP contribution in [0.25, 0.3) is 10.9 Å². The number of para-hydroxylation sites is 1. The van der Waals surface area contributed by atoms with Crippen molar-refractivity contribution >= 4 is 32.9 Å². The minimum Gasteiger partial charge on any atom is -0.333 e. The second-order valence-electron chi connectivity index (χ2n) is 5.36. The monoisotopic (exact) mass is 308 g/mol. The molecule has 0 saturated carbocycles. The maximum absolute atomic E-state index is 12.2. The van der Waals surface area contributed by atoms with Crippen molar-refractivity contribution in [2.24, 2.45) is 0 Å². The number of fused-ring (bicyclic) bond motifs is 1. The average molecular weight is 309 g/mol. The van der Waals surface area contributed by atoms with Crippen LogP contribution in [0.5, 0.6) is 0 Å². The van der Waals surface area contributed by atoms with Gasteiger partial charge in [-0.3, -0.25) is 4.57 Å². The summed E-state index contributed by atoms with van der Waals surface area (Å²) in [5, 5.41) is 4.82. The van der Waals surface area contributed by atoms with Gasteiger partial charge in [0.25, 0.3) is 0 Å². The molecule has 3 nitrogen and oxygen atoms in total. The Morgan fingerprint density at radius 2 is 2.00 bits per heavy atom. The number of nitrogens with zero attached hydrogens (tertiary/aromatic N) is 1. The van der Waals surface area contributed by atoms with Gasteiger partial charge in [0.2, 0.25) is 0 Å². The molecule has 0 spiro atoms. The molecule has 2 aromatic rings. The normalized spacial score (nSPS) is 11.8. The fourth-order valence-electron chi connectivity index (χ4n) is 1.91.